The Bertz CT molecular complexity index is 248. The second-order valence-electron chi connectivity index (χ2n) is 5.83. The molecule has 17 heavy (non-hydrogen) atoms. The van der Waals surface area contributed by atoms with Gasteiger partial charge in [0, 0.05) is 0 Å². The summed E-state index contributed by atoms with van der Waals surface area (Å²) in [6, 6.07) is 0. The molecule has 2 heteroatoms. The van der Waals surface area contributed by atoms with E-state index in [1.54, 1.807) is 0 Å². The number of allylic oxidation sites excluding steroid dienone is 1. The SMILES string of the molecule is C=C(C)C(CCCCC)CC(=O)OC(C)(C)C. The molecule has 0 bridgehead atoms. The fourth-order valence-electron chi connectivity index (χ4n) is 1.75. The minimum Gasteiger partial charge on any atom is -0.460 e. The Hall–Kier alpha value is -0.790. The van der Waals surface area contributed by atoms with E-state index in [2.05, 4.69) is 13.5 Å². The van der Waals surface area contributed by atoms with Gasteiger partial charge in [0.2, 0.25) is 0 Å². The van der Waals surface area contributed by atoms with Gasteiger partial charge in [0.15, 0.2) is 0 Å². The molecule has 0 N–H and O–H groups in total. The summed E-state index contributed by atoms with van der Waals surface area (Å²) in [5.74, 6) is 0.165. The Morgan fingerprint density at radius 1 is 1.29 bits per heavy atom. The van der Waals surface area contributed by atoms with Gasteiger partial charge in [0.25, 0.3) is 0 Å². The van der Waals surface area contributed by atoms with Crippen molar-refractivity contribution in [1.82, 2.24) is 0 Å². The van der Waals surface area contributed by atoms with Gasteiger partial charge in [-0.2, -0.15) is 0 Å². The van der Waals surface area contributed by atoms with Crippen molar-refractivity contribution in [2.24, 2.45) is 5.92 Å². The summed E-state index contributed by atoms with van der Waals surface area (Å²) >= 11 is 0. The summed E-state index contributed by atoms with van der Waals surface area (Å²) in [5, 5.41) is 0. The molecule has 0 rings (SSSR count). The first-order chi connectivity index (χ1) is 7.76. The Kier molecular flexibility index (Phi) is 7.17. The van der Waals surface area contributed by atoms with Crippen LogP contribution < -0.4 is 0 Å². The van der Waals surface area contributed by atoms with Crippen molar-refractivity contribution >= 4 is 5.97 Å². The van der Waals surface area contributed by atoms with E-state index in [1.165, 1.54) is 12.8 Å². The molecule has 0 aromatic carbocycles. The van der Waals surface area contributed by atoms with Crippen molar-refractivity contribution < 1.29 is 9.53 Å². The highest BCUT2D eigenvalue weighted by molar-refractivity contribution is 5.70. The van der Waals surface area contributed by atoms with Gasteiger partial charge in [-0.05, 0) is 40.0 Å². The zero-order chi connectivity index (χ0) is 13.5. The molecule has 0 radical (unpaired) electrons. The van der Waals surface area contributed by atoms with E-state index in [0.717, 1.165) is 18.4 Å². The van der Waals surface area contributed by atoms with Crippen LogP contribution >= 0.6 is 0 Å². The van der Waals surface area contributed by atoms with E-state index in [0.29, 0.717) is 6.42 Å². The van der Waals surface area contributed by atoms with Crippen molar-refractivity contribution in [3.05, 3.63) is 12.2 Å². The third kappa shape index (κ3) is 8.96. The molecule has 0 aliphatic carbocycles. The Morgan fingerprint density at radius 3 is 2.29 bits per heavy atom. The van der Waals surface area contributed by atoms with Gasteiger partial charge in [-0.3, -0.25) is 4.79 Å². The minimum atomic E-state index is -0.389. The van der Waals surface area contributed by atoms with E-state index < -0.39 is 0 Å². The summed E-state index contributed by atoms with van der Waals surface area (Å²) in [6.45, 7) is 13.9. The molecular weight excluding hydrogens is 212 g/mol. The molecule has 0 spiro atoms. The van der Waals surface area contributed by atoms with Crippen molar-refractivity contribution in [3.8, 4) is 0 Å². The van der Waals surface area contributed by atoms with Crippen molar-refractivity contribution in [2.45, 2.75) is 72.3 Å². The van der Waals surface area contributed by atoms with Crippen LogP contribution in [0.4, 0.5) is 0 Å². The number of rotatable bonds is 7. The largest absolute Gasteiger partial charge is 0.460 e. The highest BCUT2D eigenvalue weighted by atomic mass is 16.6. The van der Waals surface area contributed by atoms with Crippen molar-refractivity contribution in [2.75, 3.05) is 0 Å². The second kappa shape index (κ2) is 7.52. The van der Waals surface area contributed by atoms with Crippen LogP contribution in [0.25, 0.3) is 0 Å². The van der Waals surface area contributed by atoms with Crippen LogP contribution in [-0.2, 0) is 9.53 Å². The monoisotopic (exact) mass is 240 g/mol. The molecule has 0 aliphatic rings. The van der Waals surface area contributed by atoms with Crippen LogP contribution in [0, 0.1) is 5.92 Å². The first kappa shape index (κ1) is 16.2. The standard InChI is InChI=1S/C15H28O2/c1-7-8-9-10-13(12(2)3)11-14(16)17-15(4,5)6/h13H,2,7-11H2,1,3-6H3. The highest BCUT2D eigenvalue weighted by Crippen LogP contribution is 2.22. The van der Waals surface area contributed by atoms with Gasteiger partial charge in [-0.1, -0.05) is 38.3 Å². The minimum absolute atomic E-state index is 0.109. The molecule has 0 saturated carbocycles. The van der Waals surface area contributed by atoms with Crippen LogP contribution in [0.3, 0.4) is 0 Å². The normalized spacial score (nSPS) is 13.2. The lowest BCUT2D eigenvalue weighted by Crippen LogP contribution is -2.25. The number of hydrogen-bond acceptors (Lipinski definition) is 2. The van der Waals surface area contributed by atoms with E-state index in [1.807, 2.05) is 27.7 Å². The van der Waals surface area contributed by atoms with Gasteiger partial charge in [0.05, 0.1) is 6.42 Å². The average Bonchev–Trinajstić information content (AvgIpc) is 2.13. The summed E-state index contributed by atoms with van der Waals surface area (Å²) in [7, 11) is 0. The van der Waals surface area contributed by atoms with Crippen LogP contribution in [0.15, 0.2) is 12.2 Å². The first-order valence-electron chi connectivity index (χ1n) is 6.63. The maximum Gasteiger partial charge on any atom is 0.306 e. The summed E-state index contributed by atoms with van der Waals surface area (Å²) in [5.41, 5.74) is 0.701. The Balaban J connectivity index is 4.16. The van der Waals surface area contributed by atoms with Gasteiger partial charge >= 0.3 is 5.97 Å². The summed E-state index contributed by atoms with van der Waals surface area (Å²) < 4.78 is 5.34. The van der Waals surface area contributed by atoms with E-state index in [-0.39, 0.29) is 17.5 Å². The molecule has 1 unspecified atom stereocenters. The van der Waals surface area contributed by atoms with Crippen molar-refractivity contribution in [3.63, 3.8) is 0 Å². The van der Waals surface area contributed by atoms with Gasteiger partial charge < -0.3 is 4.74 Å². The first-order valence-corrected chi connectivity index (χ1v) is 6.63. The topological polar surface area (TPSA) is 26.3 Å². The predicted octanol–water partition coefficient (Wildman–Crippen LogP) is 4.49. The number of esters is 1. The maximum atomic E-state index is 11.7. The summed E-state index contributed by atoms with van der Waals surface area (Å²) in [4.78, 5) is 11.7. The quantitative estimate of drug-likeness (QED) is 0.372. The molecule has 0 heterocycles. The molecule has 2 nitrogen and oxygen atoms in total. The van der Waals surface area contributed by atoms with Gasteiger partial charge in [-0.15, -0.1) is 0 Å². The maximum absolute atomic E-state index is 11.7. The van der Waals surface area contributed by atoms with Crippen LogP contribution in [-0.4, -0.2) is 11.6 Å². The molecule has 100 valence electrons. The fourth-order valence-corrected chi connectivity index (χ4v) is 1.75. The highest BCUT2D eigenvalue weighted by Gasteiger charge is 2.20. The molecule has 0 aliphatic heterocycles. The van der Waals surface area contributed by atoms with Gasteiger partial charge in [0.1, 0.15) is 5.60 Å². The third-order valence-electron chi connectivity index (χ3n) is 2.69. The molecule has 0 aromatic rings. The fraction of sp³-hybridized carbons (Fsp3) is 0.800. The van der Waals surface area contributed by atoms with Crippen LogP contribution in [0.1, 0.15) is 66.7 Å². The lowest BCUT2D eigenvalue weighted by Gasteiger charge is -2.22. The summed E-state index contributed by atoms with van der Waals surface area (Å²) in [6.07, 6.45) is 5.10. The molecule has 0 aromatic heterocycles. The number of hydrogen-bond donors (Lipinski definition) is 0. The molecule has 0 fully saturated rings. The van der Waals surface area contributed by atoms with Gasteiger partial charge in [-0.25, -0.2) is 0 Å². The lowest BCUT2D eigenvalue weighted by molar-refractivity contribution is -0.155. The second-order valence-corrected chi connectivity index (χ2v) is 5.83. The van der Waals surface area contributed by atoms with Crippen LogP contribution in [0.5, 0.6) is 0 Å². The smallest absolute Gasteiger partial charge is 0.306 e. The number of carbonyl (C=O) groups excluding carboxylic acids is 1. The lowest BCUT2D eigenvalue weighted by atomic mass is 9.92. The van der Waals surface area contributed by atoms with Crippen LogP contribution in [0.2, 0.25) is 0 Å². The van der Waals surface area contributed by atoms with E-state index in [9.17, 15) is 4.79 Å². The zero-order valence-electron chi connectivity index (χ0n) is 12.1. The predicted molar refractivity (Wildman–Crippen MR) is 72.9 cm³/mol. The van der Waals surface area contributed by atoms with E-state index >= 15 is 0 Å². The molecule has 1 atom stereocenters. The molecular formula is C15H28O2. The average molecular weight is 240 g/mol. The Morgan fingerprint density at radius 2 is 1.88 bits per heavy atom. The van der Waals surface area contributed by atoms with Crippen molar-refractivity contribution in [1.29, 1.82) is 0 Å². The number of unbranched alkanes of at least 4 members (excludes halogenated alkanes) is 2. The number of carbonyl (C=O) groups is 1. The molecule has 0 amide bonds. The zero-order valence-corrected chi connectivity index (χ0v) is 12.1. The number of ether oxygens (including phenoxy) is 1. The molecule has 0 saturated heterocycles. The van der Waals surface area contributed by atoms with E-state index in [4.69, 9.17) is 4.74 Å². The third-order valence-corrected chi connectivity index (χ3v) is 2.69. The Labute approximate surface area is 106 Å².